The van der Waals surface area contributed by atoms with Crippen molar-refractivity contribution in [1.29, 1.82) is 5.26 Å². The minimum absolute atomic E-state index is 0.668. The van der Waals surface area contributed by atoms with Crippen LogP contribution in [0.15, 0.2) is 121 Å². The number of benzene rings is 6. The summed E-state index contributed by atoms with van der Waals surface area (Å²) in [5, 5.41) is 17.7. The number of hydrogen-bond donors (Lipinski definition) is 0. The molecule has 0 atom stereocenters. The molecule has 2 nitrogen and oxygen atoms in total. The second kappa shape index (κ2) is 8.05. The average Bonchev–Trinajstić information content (AvgIpc) is 2.96. The van der Waals surface area contributed by atoms with Crippen molar-refractivity contribution >= 4 is 43.2 Å². The Balaban J connectivity index is 1.56. The van der Waals surface area contributed by atoms with Crippen LogP contribution in [-0.4, -0.2) is 4.98 Å². The Kier molecular flexibility index (Phi) is 4.55. The SMILES string of the molecule is N#Cc1ccc(-c2ccc(-c3nc4ccccc4c4c5ccccc5c5ccccc5c34)cc2)cc1. The van der Waals surface area contributed by atoms with Gasteiger partial charge in [-0.1, -0.05) is 103 Å². The van der Waals surface area contributed by atoms with Gasteiger partial charge in [-0.05, 0) is 50.9 Å². The molecule has 0 N–H and O–H groups in total. The van der Waals surface area contributed by atoms with Gasteiger partial charge in [0.05, 0.1) is 22.8 Å². The lowest BCUT2D eigenvalue weighted by atomic mass is 9.90. The van der Waals surface area contributed by atoms with E-state index in [1.165, 1.54) is 37.7 Å². The molecule has 7 aromatic rings. The van der Waals surface area contributed by atoms with Gasteiger partial charge in [0.2, 0.25) is 0 Å². The quantitative estimate of drug-likeness (QED) is 0.244. The fourth-order valence-electron chi connectivity index (χ4n) is 5.39. The first-order valence-corrected chi connectivity index (χ1v) is 12.0. The van der Waals surface area contributed by atoms with Gasteiger partial charge in [-0.3, -0.25) is 0 Å². The third-order valence-corrected chi connectivity index (χ3v) is 7.08. The van der Waals surface area contributed by atoms with E-state index < -0.39 is 0 Å². The molecule has 0 bridgehead atoms. The number of fused-ring (bicyclic) bond motifs is 8. The minimum Gasteiger partial charge on any atom is -0.247 e. The number of nitriles is 1. The average molecular weight is 457 g/mol. The molecule has 0 saturated carbocycles. The summed E-state index contributed by atoms with van der Waals surface area (Å²) in [6.07, 6.45) is 0. The number of para-hydroxylation sites is 1. The van der Waals surface area contributed by atoms with Crippen molar-refractivity contribution in [3.8, 4) is 28.5 Å². The van der Waals surface area contributed by atoms with Crippen LogP contribution in [0.1, 0.15) is 5.56 Å². The Labute approximate surface area is 208 Å². The molecule has 2 heteroatoms. The van der Waals surface area contributed by atoms with Crippen molar-refractivity contribution in [1.82, 2.24) is 4.98 Å². The number of aromatic nitrogens is 1. The van der Waals surface area contributed by atoms with E-state index in [1.807, 2.05) is 24.3 Å². The maximum atomic E-state index is 9.11. The van der Waals surface area contributed by atoms with Crippen LogP contribution in [0, 0.1) is 11.3 Å². The van der Waals surface area contributed by atoms with Crippen LogP contribution in [0.25, 0.3) is 65.6 Å². The van der Waals surface area contributed by atoms with Gasteiger partial charge in [0, 0.05) is 21.7 Å². The lowest BCUT2D eigenvalue weighted by molar-refractivity contribution is 1.43. The maximum Gasteiger partial charge on any atom is 0.0991 e. The first kappa shape index (κ1) is 20.4. The first-order chi connectivity index (χ1) is 17.8. The van der Waals surface area contributed by atoms with Crippen LogP contribution in [0.2, 0.25) is 0 Å². The summed E-state index contributed by atoms with van der Waals surface area (Å²) in [6, 6.07) is 44.3. The molecular weight excluding hydrogens is 436 g/mol. The molecule has 0 aliphatic rings. The largest absolute Gasteiger partial charge is 0.247 e. The van der Waals surface area contributed by atoms with E-state index in [0.717, 1.165) is 27.9 Å². The fraction of sp³-hybridized carbons (Fsp3) is 0. The van der Waals surface area contributed by atoms with Crippen molar-refractivity contribution < 1.29 is 0 Å². The Morgan fingerprint density at radius 3 is 1.53 bits per heavy atom. The van der Waals surface area contributed by atoms with Gasteiger partial charge in [-0.15, -0.1) is 0 Å². The van der Waals surface area contributed by atoms with Crippen molar-refractivity contribution in [2.75, 3.05) is 0 Å². The Morgan fingerprint density at radius 1 is 0.444 bits per heavy atom. The molecule has 0 spiro atoms. The summed E-state index contributed by atoms with van der Waals surface area (Å²) < 4.78 is 0. The van der Waals surface area contributed by atoms with Crippen molar-refractivity contribution in [2.45, 2.75) is 0 Å². The number of hydrogen-bond acceptors (Lipinski definition) is 2. The van der Waals surface area contributed by atoms with E-state index >= 15 is 0 Å². The van der Waals surface area contributed by atoms with E-state index in [1.54, 1.807) is 0 Å². The van der Waals surface area contributed by atoms with Gasteiger partial charge in [0.1, 0.15) is 0 Å². The summed E-state index contributed by atoms with van der Waals surface area (Å²) in [7, 11) is 0. The Morgan fingerprint density at radius 2 is 0.917 bits per heavy atom. The smallest absolute Gasteiger partial charge is 0.0991 e. The topological polar surface area (TPSA) is 36.7 Å². The molecule has 0 unspecified atom stereocenters. The molecule has 6 aromatic carbocycles. The Bertz CT molecular complexity index is 1980. The van der Waals surface area contributed by atoms with E-state index in [9.17, 15) is 0 Å². The highest BCUT2D eigenvalue weighted by molar-refractivity contribution is 6.33. The highest BCUT2D eigenvalue weighted by Crippen LogP contribution is 2.42. The van der Waals surface area contributed by atoms with Crippen LogP contribution in [0.5, 0.6) is 0 Å². The highest BCUT2D eigenvalue weighted by Gasteiger charge is 2.17. The number of pyridine rings is 1. The summed E-state index contributed by atoms with van der Waals surface area (Å²) >= 11 is 0. The normalized spacial score (nSPS) is 11.3. The van der Waals surface area contributed by atoms with Gasteiger partial charge in [0.15, 0.2) is 0 Å². The zero-order chi connectivity index (χ0) is 24.1. The van der Waals surface area contributed by atoms with Crippen LogP contribution in [-0.2, 0) is 0 Å². The van der Waals surface area contributed by atoms with Crippen LogP contribution >= 0.6 is 0 Å². The molecule has 0 amide bonds. The second-order valence-electron chi connectivity index (χ2n) is 9.09. The van der Waals surface area contributed by atoms with Crippen molar-refractivity contribution in [3.63, 3.8) is 0 Å². The molecule has 36 heavy (non-hydrogen) atoms. The van der Waals surface area contributed by atoms with Gasteiger partial charge in [-0.2, -0.15) is 5.26 Å². The lowest BCUT2D eigenvalue weighted by Gasteiger charge is -2.16. The third-order valence-electron chi connectivity index (χ3n) is 7.08. The Hall–Kier alpha value is -5.00. The molecule has 0 saturated heterocycles. The summed E-state index contributed by atoms with van der Waals surface area (Å²) in [6.45, 7) is 0. The van der Waals surface area contributed by atoms with Crippen molar-refractivity contribution in [2.24, 2.45) is 0 Å². The fourth-order valence-corrected chi connectivity index (χ4v) is 5.39. The van der Waals surface area contributed by atoms with Crippen LogP contribution in [0.4, 0.5) is 0 Å². The summed E-state index contributed by atoms with van der Waals surface area (Å²) in [5.41, 5.74) is 5.95. The molecule has 1 heterocycles. The monoisotopic (exact) mass is 456 g/mol. The molecule has 0 fully saturated rings. The van der Waals surface area contributed by atoms with Gasteiger partial charge in [-0.25, -0.2) is 4.98 Å². The second-order valence-corrected chi connectivity index (χ2v) is 9.09. The highest BCUT2D eigenvalue weighted by atomic mass is 14.7. The number of rotatable bonds is 2. The van der Waals surface area contributed by atoms with E-state index in [4.69, 9.17) is 10.2 Å². The van der Waals surface area contributed by atoms with E-state index in [2.05, 4.69) is 103 Å². The number of nitrogens with zero attached hydrogens (tertiary/aromatic N) is 2. The van der Waals surface area contributed by atoms with E-state index in [-0.39, 0.29) is 0 Å². The molecule has 0 aliphatic carbocycles. The third kappa shape index (κ3) is 3.07. The molecule has 166 valence electrons. The molecule has 0 aliphatic heterocycles. The zero-order valence-corrected chi connectivity index (χ0v) is 19.4. The summed E-state index contributed by atoms with van der Waals surface area (Å²) in [4.78, 5) is 5.22. The molecular formula is C34H20N2. The zero-order valence-electron chi connectivity index (χ0n) is 19.4. The first-order valence-electron chi connectivity index (χ1n) is 12.0. The predicted octanol–water partition coefficient (Wildman–Crippen LogP) is 8.90. The molecule has 0 radical (unpaired) electrons. The molecule has 7 rings (SSSR count). The van der Waals surface area contributed by atoms with Gasteiger partial charge in [0.25, 0.3) is 0 Å². The van der Waals surface area contributed by atoms with Crippen LogP contribution < -0.4 is 0 Å². The van der Waals surface area contributed by atoms with Crippen LogP contribution in [0.3, 0.4) is 0 Å². The predicted molar refractivity (Wildman–Crippen MR) is 150 cm³/mol. The maximum absolute atomic E-state index is 9.11. The minimum atomic E-state index is 0.668. The lowest BCUT2D eigenvalue weighted by Crippen LogP contribution is -1.93. The standard InChI is InChI=1S/C34H20N2/c35-21-22-13-15-23(16-14-22)24-17-19-25(20-18-24)34-33-29-10-4-2-8-27(29)26-7-1-3-9-28(26)32(33)30-11-5-6-12-31(30)36-34/h1-20H. The van der Waals surface area contributed by atoms with E-state index in [0.29, 0.717) is 5.56 Å². The molecule has 1 aromatic heterocycles. The van der Waals surface area contributed by atoms with Gasteiger partial charge < -0.3 is 0 Å². The van der Waals surface area contributed by atoms with Crippen molar-refractivity contribution in [3.05, 3.63) is 127 Å². The summed E-state index contributed by atoms with van der Waals surface area (Å²) in [5.74, 6) is 0. The van der Waals surface area contributed by atoms with Gasteiger partial charge >= 0.3 is 0 Å².